The Hall–Kier alpha value is -4.36. The molecular weight excluding hydrogens is 634 g/mol. The first-order valence-corrected chi connectivity index (χ1v) is 16.6. The Balaban J connectivity index is 1.65. The van der Waals surface area contributed by atoms with Gasteiger partial charge in [-0.1, -0.05) is 17.7 Å². The molecule has 4 N–H and O–H groups in total. The van der Waals surface area contributed by atoms with Gasteiger partial charge < -0.3 is 39.4 Å². The summed E-state index contributed by atoms with van der Waals surface area (Å²) in [6.07, 6.45) is 2.40. The van der Waals surface area contributed by atoms with E-state index < -0.39 is 48.5 Å². The minimum atomic E-state index is -1.30. The van der Waals surface area contributed by atoms with Crippen LogP contribution < -0.4 is 24.8 Å². The number of allylic oxidation sites excluding steroid dienone is 3. The standard InChI is InChI=1S/C37H41NO11/c1-4-46-36(44)35-25(17-41)29(21-13-22(16-40)31(43)23(14-21)19-6-7-27-20(12-19)8-9-38-27)30-33(47-11-5-10-39)24-15-28(37(2,3)45)48-32(24)26(18-42)34(30)49-35/h6-8,12,17,22-23,28,39-40,42,45H,4-5,9-11,13-16,18H2,1-3H3. The quantitative estimate of drug-likeness (QED) is 0.153. The van der Waals surface area contributed by atoms with Crippen LogP contribution in [0.5, 0.6) is 17.2 Å². The number of aliphatic hydroxyl groups excluding tert-OH is 3. The van der Waals surface area contributed by atoms with E-state index in [9.17, 15) is 34.8 Å². The molecule has 12 nitrogen and oxygen atoms in total. The van der Waals surface area contributed by atoms with Gasteiger partial charge in [0.2, 0.25) is 5.76 Å². The molecule has 0 spiro atoms. The summed E-state index contributed by atoms with van der Waals surface area (Å²) in [5.41, 5.74) is 1.15. The number of Topliss-reactive ketones (excluding diaryl/α,β-unsaturated/α-hetero) is 1. The molecule has 0 radical (unpaired) electrons. The Morgan fingerprint density at radius 2 is 1.94 bits per heavy atom. The van der Waals surface area contributed by atoms with Crippen LogP contribution in [0.25, 0.3) is 11.6 Å². The average molecular weight is 676 g/mol. The largest absolute Gasteiger partial charge is 0.492 e. The van der Waals surface area contributed by atoms with E-state index in [2.05, 4.69) is 4.99 Å². The van der Waals surface area contributed by atoms with Gasteiger partial charge in [-0.25, -0.2) is 4.79 Å². The van der Waals surface area contributed by atoms with E-state index in [-0.39, 0.29) is 90.8 Å². The van der Waals surface area contributed by atoms with Crippen molar-refractivity contribution >= 4 is 29.7 Å². The van der Waals surface area contributed by atoms with Crippen LogP contribution >= 0.6 is 0 Å². The highest BCUT2D eigenvalue weighted by atomic mass is 16.6. The summed E-state index contributed by atoms with van der Waals surface area (Å²) in [4.78, 5) is 44.8. The number of ketones is 1. The van der Waals surface area contributed by atoms with Gasteiger partial charge >= 0.3 is 5.97 Å². The van der Waals surface area contributed by atoms with E-state index >= 15 is 0 Å². The molecule has 1 aliphatic carbocycles. The van der Waals surface area contributed by atoms with Crippen molar-refractivity contribution < 1.29 is 53.8 Å². The summed E-state index contributed by atoms with van der Waals surface area (Å²) in [7, 11) is 0. The Kier molecular flexibility index (Phi) is 9.76. The molecule has 1 fully saturated rings. The third-order valence-electron chi connectivity index (χ3n) is 9.53. The van der Waals surface area contributed by atoms with Crippen LogP contribution in [0.2, 0.25) is 0 Å². The van der Waals surface area contributed by atoms with Crippen molar-refractivity contribution in [1.29, 1.82) is 0 Å². The summed E-state index contributed by atoms with van der Waals surface area (Å²) < 4.78 is 24.1. The Bertz CT molecular complexity index is 1880. The average Bonchev–Trinajstić information content (AvgIpc) is 3.75. The van der Waals surface area contributed by atoms with E-state index in [1.54, 1.807) is 20.8 Å². The summed E-state index contributed by atoms with van der Waals surface area (Å²) in [6.45, 7) is 4.21. The second-order valence-corrected chi connectivity index (χ2v) is 13.1. The number of aliphatic hydroxyl groups is 4. The number of benzene rings is 2. The first kappa shape index (κ1) is 34.5. The number of ether oxygens (including phenoxy) is 4. The predicted octanol–water partition coefficient (Wildman–Crippen LogP) is 1.35. The van der Waals surface area contributed by atoms with E-state index in [0.29, 0.717) is 24.0 Å². The normalized spacial score (nSPS) is 22.7. The highest BCUT2D eigenvalue weighted by Crippen LogP contribution is 2.56. The molecule has 4 aliphatic rings. The highest BCUT2D eigenvalue weighted by molar-refractivity contribution is 6.11. The smallest absolute Gasteiger partial charge is 0.375 e. The van der Waals surface area contributed by atoms with E-state index in [1.807, 2.05) is 24.3 Å². The van der Waals surface area contributed by atoms with Gasteiger partial charge in [-0.15, -0.1) is 0 Å². The van der Waals surface area contributed by atoms with Crippen molar-refractivity contribution in [3.05, 3.63) is 67.9 Å². The van der Waals surface area contributed by atoms with E-state index in [4.69, 9.17) is 18.9 Å². The maximum Gasteiger partial charge on any atom is 0.375 e. The molecule has 1 saturated carbocycles. The topological polar surface area (TPSA) is 181 Å². The number of carbonyl (C=O) groups is 3. The summed E-state index contributed by atoms with van der Waals surface area (Å²) in [5.74, 6) is -2.49. The van der Waals surface area contributed by atoms with Gasteiger partial charge in [-0.05, 0) is 56.5 Å². The summed E-state index contributed by atoms with van der Waals surface area (Å²) in [6, 6.07) is 5.63. The second-order valence-electron chi connectivity index (χ2n) is 13.1. The highest BCUT2D eigenvalue weighted by Gasteiger charge is 2.45. The lowest BCUT2D eigenvalue weighted by Crippen LogP contribution is -2.39. The van der Waals surface area contributed by atoms with Crippen molar-refractivity contribution in [2.75, 3.05) is 33.0 Å². The molecule has 3 heterocycles. The van der Waals surface area contributed by atoms with Crippen molar-refractivity contribution in [2.45, 2.75) is 70.7 Å². The Morgan fingerprint density at radius 1 is 1.14 bits per heavy atom. The lowest BCUT2D eigenvalue weighted by atomic mass is 9.71. The van der Waals surface area contributed by atoms with Crippen LogP contribution in [0.15, 0.2) is 40.1 Å². The molecule has 0 bridgehead atoms. The Morgan fingerprint density at radius 3 is 2.61 bits per heavy atom. The van der Waals surface area contributed by atoms with E-state index in [0.717, 1.165) is 16.1 Å². The monoisotopic (exact) mass is 675 g/mol. The SMILES string of the molecule is CCOC(=O)C1=C(C=O)C(=C2CC(CO)C(=O)C(c3ccc4c(c3)=CCN=4)C2)c2c(OCCCO)c3c(c(CO)c2O1)OC(C(C)(C)O)C3. The molecular formula is C37H41NO11. The number of esters is 1. The zero-order valence-electron chi connectivity index (χ0n) is 27.8. The molecule has 12 heteroatoms. The lowest BCUT2D eigenvalue weighted by molar-refractivity contribution is -0.141. The van der Waals surface area contributed by atoms with Crippen molar-refractivity contribution in [1.82, 2.24) is 0 Å². The lowest BCUT2D eigenvalue weighted by Gasteiger charge is -2.34. The van der Waals surface area contributed by atoms with Gasteiger partial charge in [0.05, 0.1) is 60.6 Å². The zero-order valence-corrected chi connectivity index (χ0v) is 27.8. The summed E-state index contributed by atoms with van der Waals surface area (Å²) in [5, 5.41) is 43.5. The van der Waals surface area contributed by atoms with Crippen LogP contribution in [0.4, 0.5) is 0 Å². The molecule has 260 valence electrons. The number of hydrogen-bond donors (Lipinski definition) is 4. The van der Waals surface area contributed by atoms with Gasteiger partial charge in [0, 0.05) is 42.4 Å². The van der Waals surface area contributed by atoms with Gasteiger partial charge in [-0.3, -0.25) is 14.6 Å². The van der Waals surface area contributed by atoms with Crippen LogP contribution in [-0.2, 0) is 32.1 Å². The fourth-order valence-corrected chi connectivity index (χ4v) is 7.09. The van der Waals surface area contributed by atoms with Gasteiger partial charge in [0.25, 0.3) is 0 Å². The number of fused-ring (bicyclic) bond motifs is 3. The van der Waals surface area contributed by atoms with Crippen molar-refractivity contribution in [3.8, 4) is 17.2 Å². The molecule has 2 aromatic carbocycles. The molecule has 3 aliphatic heterocycles. The fourth-order valence-electron chi connectivity index (χ4n) is 7.09. The first-order valence-electron chi connectivity index (χ1n) is 16.6. The third kappa shape index (κ3) is 6.18. The van der Waals surface area contributed by atoms with Crippen LogP contribution in [-0.4, -0.2) is 83.1 Å². The van der Waals surface area contributed by atoms with Crippen LogP contribution in [0.3, 0.4) is 0 Å². The predicted molar refractivity (Wildman–Crippen MR) is 175 cm³/mol. The summed E-state index contributed by atoms with van der Waals surface area (Å²) >= 11 is 0. The number of carbonyl (C=O) groups excluding carboxylic acids is 3. The minimum absolute atomic E-state index is 0.00960. The van der Waals surface area contributed by atoms with Crippen molar-refractivity contribution in [3.63, 3.8) is 0 Å². The Labute approximate surface area is 283 Å². The molecule has 2 aromatic rings. The van der Waals surface area contributed by atoms with Crippen molar-refractivity contribution in [2.24, 2.45) is 10.9 Å². The maximum absolute atomic E-state index is 13.8. The number of aldehydes is 1. The molecule has 3 unspecified atom stereocenters. The molecule has 0 saturated heterocycles. The third-order valence-corrected chi connectivity index (χ3v) is 9.53. The first-order chi connectivity index (χ1) is 23.6. The molecule has 6 rings (SSSR count). The fraction of sp³-hybridized carbons (Fsp3) is 0.459. The molecule has 49 heavy (non-hydrogen) atoms. The van der Waals surface area contributed by atoms with Crippen LogP contribution in [0, 0.1) is 5.92 Å². The molecule has 0 aromatic heterocycles. The van der Waals surface area contributed by atoms with E-state index in [1.165, 1.54) is 0 Å². The maximum atomic E-state index is 13.8. The number of hydrogen-bond acceptors (Lipinski definition) is 12. The number of rotatable bonds is 11. The molecule has 3 atom stereocenters. The number of nitrogens with zero attached hydrogens (tertiary/aromatic N) is 1. The molecule has 0 amide bonds. The zero-order chi connectivity index (χ0) is 35.0. The van der Waals surface area contributed by atoms with Gasteiger partial charge in [0.1, 0.15) is 29.1 Å². The second kappa shape index (κ2) is 13.9. The minimum Gasteiger partial charge on any atom is -0.492 e. The van der Waals surface area contributed by atoms with Gasteiger partial charge in [0.15, 0.2) is 6.29 Å². The van der Waals surface area contributed by atoms with Crippen LogP contribution in [0.1, 0.15) is 68.2 Å². The van der Waals surface area contributed by atoms with Gasteiger partial charge in [-0.2, -0.15) is 0 Å².